The minimum atomic E-state index is -0.818. The zero-order valence-electron chi connectivity index (χ0n) is 16.9. The lowest BCUT2D eigenvalue weighted by Crippen LogP contribution is -2.47. The first kappa shape index (κ1) is 21.1. The number of esters is 1. The molecule has 0 radical (unpaired) electrons. The van der Waals surface area contributed by atoms with Crippen LogP contribution >= 0.6 is 0 Å². The van der Waals surface area contributed by atoms with E-state index in [0.717, 1.165) is 18.4 Å². The predicted octanol–water partition coefficient (Wildman–Crippen LogP) is 3.12. The number of hydrogen-bond donors (Lipinski definition) is 1. The van der Waals surface area contributed by atoms with Gasteiger partial charge in [-0.3, -0.25) is 9.59 Å². The molecule has 6 heteroatoms. The van der Waals surface area contributed by atoms with E-state index in [1.807, 2.05) is 0 Å². The average Bonchev–Trinajstić information content (AvgIpc) is 2.65. The van der Waals surface area contributed by atoms with Crippen molar-refractivity contribution in [3.05, 3.63) is 23.8 Å². The van der Waals surface area contributed by atoms with Crippen LogP contribution in [0.3, 0.4) is 0 Å². The van der Waals surface area contributed by atoms with Gasteiger partial charge in [-0.25, -0.2) is 0 Å². The molecule has 1 aromatic carbocycles. The highest BCUT2D eigenvalue weighted by molar-refractivity contribution is 5.84. The van der Waals surface area contributed by atoms with E-state index in [2.05, 4.69) is 19.2 Å². The van der Waals surface area contributed by atoms with Crippen LogP contribution in [0.1, 0.15) is 45.6 Å². The lowest BCUT2D eigenvalue weighted by Gasteiger charge is -2.35. The van der Waals surface area contributed by atoms with Gasteiger partial charge < -0.3 is 19.5 Å². The molecule has 0 bridgehead atoms. The van der Waals surface area contributed by atoms with E-state index in [1.165, 1.54) is 6.42 Å². The molecule has 4 atom stereocenters. The summed E-state index contributed by atoms with van der Waals surface area (Å²) in [5, 5.41) is 3.05. The van der Waals surface area contributed by atoms with Crippen LogP contribution in [0.5, 0.6) is 11.5 Å². The Morgan fingerprint density at radius 1 is 1.15 bits per heavy atom. The minimum absolute atomic E-state index is 0.0643. The lowest BCUT2D eigenvalue weighted by atomic mass is 9.78. The van der Waals surface area contributed by atoms with Gasteiger partial charge in [-0.05, 0) is 42.9 Å². The van der Waals surface area contributed by atoms with Gasteiger partial charge in [0.1, 0.15) is 0 Å². The molecule has 1 aliphatic carbocycles. The first-order valence-corrected chi connectivity index (χ1v) is 9.56. The highest BCUT2D eigenvalue weighted by atomic mass is 16.5. The summed E-state index contributed by atoms with van der Waals surface area (Å²) < 4.78 is 15.8. The Morgan fingerprint density at radius 3 is 2.52 bits per heavy atom. The van der Waals surface area contributed by atoms with E-state index < -0.39 is 12.1 Å². The number of methoxy groups -OCH3 is 2. The van der Waals surface area contributed by atoms with Crippen LogP contribution in [-0.4, -0.2) is 38.2 Å². The fourth-order valence-corrected chi connectivity index (χ4v) is 3.54. The Bertz CT molecular complexity index is 660. The average molecular weight is 377 g/mol. The van der Waals surface area contributed by atoms with Gasteiger partial charge in [0.2, 0.25) is 0 Å². The second-order valence-corrected chi connectivity index (χ2v) is 7.38. The third-order valence-corrected chi connectivity index (χ3v) is 5.51. The molecule has 27 heavy (non-hydrogen) atoms. The Kier molecular flexibility index (Phi) is 7.51. The summed E-state index contributed by atoms with van der Waals surface area (Å²) in [4.78, 5) is 24.6. The number of benzene rings is 1. The van der Waals surface area contributed by atoms with Crippen molar-refractivity contribution >= 4 is 11.9 Å². The standard InChI is InChI=1S/C21H31NO5/c1-13-7-6-8-17(14(13)2)22-21(24)15(3)27-20(23)12-16-9-10-18(25-4)19(11-16)26-5/h9-11,13-15,17H,6-8,12H2,1-5H3,(H,22,24)/t13-,14-,15-,17+/m1/s1. The molecule has 1 aromatic rings. The van der Waals surface area contributed by atoms with Crippen LogP contribution in [0.4, 0.5) is 0 Å². The second-order valence-electron chi connectivity index (χ2n) is 7.38. The number of ether oxygens (including phenoxy) is 3. The van der Waals surface area contributed by atoms with Crippen molar-refractivity contribution in [1.29, 1.82) is 0 Å². The van der Waals surface area contributed by atoms with Crippen LogP contribution in [-0.2, 0) is 20.7 Å². The molecule has 1 N–H and O–H groups in total. The van der Waals surface area contributed by atoms with Gasteiger partial charge >= 0.3 is 5.97 Å². The van der Waals surface area contributed by atoms with Crippen LogP contribution < -0.4 is 14.8 Å². The molecular formula is C21H31NO5. The molecule has 1 amide bonds. The van der Waals surface area contributed by atoms with Crippen molar-refractivity contribution in [3.63, 3.8) is 0 Å². The largest absolute Gasteiger partial charge is 0.493 e. The number of amides is 1. The maximum absolute atomic E-state index is 12.4. The molecule has 0 aliphatic heterocycles. The molecule has 1 fully saturated rings. The number of carbonyl (C=O) groups excluding carboxylic acids is 2. The van der Waals surface area contributed by atoms with Crippen LogP contribution in [0.25, 0.3) is 0 Å². The number of hydrogen-bond acceptors (Lipinski definition) is 5. The van der Waals surface area contributed by atoms with Gasteiger partial charge in [-0.15, -0.1) is 0 Å². The third kappa shape index (κ3) is 5.62. The van der Waals surface area contributed by atoms with Crippen LogP contribution in [0, 0.1) is 11.8 Å². The Morgan fingerprint density at radius 2 is 1.85 bits per heavy atom. The lowest BCUT2D eigenvalue weighted by molar-refractivity contribution is -0.154. The molecule has 6 nitrogen and oxygen atoms in total. The van der Waals surface area contributed by atoms with Crippen LogP contribution in [0.15, 0.2) is 18.2 Å². The van der Waals surface area contributed by atoms with E-state index in [9.17, 15) is 9.59 Å². The topological polar surface area (TPSA) is 73.9 Å². The molecule has 0 spiro atoms. The first-order chi connectivity index (χ1) is 12.8. The third-order valence-electron chi connectivity index (χ3n) is 5.51. The van der Waals surface area contributed by atoms with Gasteiger partial charge in [0.05, 0.1) is 20.6 Å². The SMILES string of the molecule is COc1ccc(CC(=O)O[C@H](C)C(=O)N[C@H]2CCC[C@@H](C)[C@H]2C)cc1OC. The van der Waals surface area contributed by atoms with Gasteiger partial charge in [-0.2, -0.15) is 0 Å². The van der Waals surface area contributed by atoms with Crippen molar-refractivity contribution in [3.8, 4) is 11.5 Å². The van der Waals surface area contributed by atoms with E-state index >= 15 is 0 Å². The maximum Gasteiger partial charge on any atom is 0.311 e. The van der Waals surface area contributed by atoms with Crippen molar-refractivity contribution in [2.24, 2.45) is 11.8 Å². The molecule has 0 saturated heterocycles. The summed E-state index contributed by atoms with van der Waals surface area (Å²) in [6.45, 7) is 6.00. The molecule has 0 heterocycles. The summed E-state index contributed by atoms with van der Waals surface area (Å²) >= 11 is 0. The quantitative estimate of drug-likeness (QED) is 0.739. The molecular weight excluding hydrogens is 346 g/mol. The highest BCUT2D eigenvalue weighted by Gasteiger charge is 2.30. The molecule has 1 saturated carbocycles. The molecule has 1 aliphatic rings. The normalized spacial score (nSPS) is 23.2. The summed E-state index contributed by atoms with van der Waals surface area (Å²) in [5.74, 6) is 1.48. The van der Waals surface area contributed by atoms with E-state index in [4.69, 9.17) is 14.2 Å². The number of nitrogens with one attached hydrogen (secondary N) is 1. The van der Waals surface area contributed by atoms with Gasteiger partial charge in [0.25, 0.3) is 5.91 Å². The fourth-order valence-electron chi connectivity index (χ4n) is 3.54. The Labute approximate surface area is 161 Å². The van der Waals surface area contributed by atoms with Crippen molar-refractivity contribution < 1.29 is 23.8 Å². The van der Waals surface area contributed by atoms with Gasteiger partial charge in [-0.1, -0.05) is 32.8 Å². The molecule has 2 rings (SSSR count). The summed E-state index contributed by atoms with van der Waals surface area (Å²) in [7, 11) is 3.10. The number of carbonyl (C=O) groups is 2. The summed E-state index contributed by atoms with van der Waals surface area (Å²) in [6, 6.07) is 5.39. The van der Waals surface area contributed by atoms with Crippen molar-refractivity contribution in [2.75, 3.05) is 14.2 Å². The summed E-state index contributed by atoms with van der Waals surface area (Å²) in [6.07, 6.45) is 2.54. The van der Waals surface area contributed by atoms with Crippen molar-refractivity contribution in [2.45, 2.75) is 58.6 Å². The van der Waals surface area contributed by atoms with E-state index in [-0.39, 0.29) is 18.4 Å². The second kappa shape index (κ2) is 9.62. The molecule has 0 aromatic heterocycles. The summed E-state index contributed by atoms with van der Waals surface area (Å²) in [5.41, 5.74) is 0.736. The monoisotopic (exact) mass is 377 g/mol. The minimum Gasteiger partial charge on any atom is -0.493 e. The van der Waals surface area contributed by atoms with Crippen molar-refractivity contribution in [1.82, 2.24) is 5.32 Å². The van der Waals surface area contributed by atoms with E-state index in [1.54, 1.807) is 39.3 Å². The van der Waals surface area contributed by atoms with Gasteiger partial charge in [0, 0.05) is 6.04 Å². The maximum atomic E-state index is 12.4. The first-order valence-electron chi connectivity index (χ1n) is 9.56. The predicted molar refractivity (Wildman–Crippen MR) is 103 cm³/mol. The van der Waals surface area contributed by atoms with Crippen LogP contribution in [0.2, 0.25) is 0 Å². The smallest absolute Gasteiger partial charge is 0.311 e. The van der Waals surface area contributed by atoms with E-state index in [0.29, 0.717) is 23.3 Å². The highest BCUT2D eigenvalue weighted by Crippen LogP contribution is 2.30. The zero-order valence-corrected chi connectivity index (χ0v) is 16.9. The molecule has 150 valence electrons. The fraction of sp³-hybridized carbons (Fsp3) is 0.619. The Hall–Kier alpha value is -2.24. The Balaban J connectivity index is 1.88. The molecule has 0 unspecified atom stereocenters. The van der Waals surface area contributed by atoms with Gasteiger partial charge in [0.15, 0.2) is 17.6 Å². The number of rotatable bonds is 7. The zero-order chi connectivity index (χ0) is 20.0.